The number of rotatable bonds is 25. The monoisotopic (exact) mass is 597 g/mol. The molecular weight excluding hydrogens is 531 g/mol. The van der Waals surface area contributed by atoms with E-state index in [9.17, 15) is 0 Å². The zero-order valence-corrected chi connectivity index (χ0v) is 28.8. The van der Waals surface area contributed by atoms with Crippen LogP contribution in [-0.2, 0) is 27.2 Å². The van der Waals surface area contributed by atoms with Crippen molar-refractivity contribution in [3.63, 3.8) is 0 Å². The molecule has 0 saturated heterocycles. The van der Waals surface area contributed by atoms with Crippen LogP contribution in [0.3, 0.4) is 0 Å². The van der Waals surface area contributed by atoms with Crippen LogP contribution in [-0.4, -0.2) is 64.5 Å². The molecule has 0 spiro atoms. The fourth-order valence-corrected chi connectivity index (χ4v) is 10.5. The van der Waals surface area contributed by atoms with Gasteiger partial charge >= 0.3 is 0 Å². The fraction of sp³-hybridized carbons (Fsp3) is 0.829. The van der Waals surface area contributed by atoms with Gasteiger partial charge in [0.15, 0.2) is 11.5 Å². The Morgan fingerprint density at radius 3 is 1.44 bits per heavy atom. The van der Waals surface area contributed by atoms with Crippen molar-refractivity contribution in [3.05, 3.63) is 23.3 Å². The molecule has 0 atom stereocenters. The van der Waals surface area contributed by atoms with Crippen LogP contribution in [0.4, 0.5) is 0 Å². The molecular formula is C35H66O5P+. The molecule has 0 bridgehead atoms. The minimum absolute atomic E-state index is 0.305. The van der Waals surface area contributed by atoms with E-state index < -0.39 is 7.26 Å². The second kappa shape index (κ2) is 25.6. The molecule has 0 unspecified atom stereocenters. The molecule has 0 aliphatic carbocycles. The van der Waals surface area contributed by atoms with E-state index in [1.807, 2.05) is 6.07 Å². The Balaban J connectivity index is 0.000000438. The average Bonchev–Trinajstić information content (AvgIpc) is 3.45. The molecule has 0 saturated carbocycles. The Morgan fingerprint density at radius 2 is 0.976 bits per heavy atom. The minimum Gasteiger partial charge on any atom is -0.454 e. The summed E-state index contributed by atoms with van der Waals surface area (Å²) in [5.41, 5.74) is 2.44. The zero-order chi connectivity index (χ0) is 30.0. The number of ether oxygens (including phenoxy) is 5. The van der Waals surface area contributed by atoms with Gasteiger partial charge in [-0.25, -0.2) is 0 Å². The molecule has 1 heterocycles. The van der Waals surface area contributed by atoms with Crippen LogP contribution in [0.5, 0.6) is 11.5 Å². The topological polar surface area (TPSA) is 46.2 Å². The van der Waals surface area contributed by atoms with Gasteiger partial charge in [-0.3, -0.25) is 0 Å². The maximum atomic E-state index is 5.75. The smallest absolute Gasteiger partial charge is 0.231 e. The Hall–Kier alpha value is -0.870. The Morgan fingerprint density at radius 1 is 0.537 bits per heavy atom. The van der Waals surface area contributed by atoms with Crippen LogP contribution in [0.2, 0.25) is 0 Å². The van der Waals surface area contributed by atoms with Crippen LogP contribution in [0.15, 0.2) is 12.1 Å². The molecule has 1 aromatic rings. The molecule has 1 aromatic carbocycles. The molecule has 240 valence electrons. The first kappa shape index (κ1) is 38.2. The summed E-state index contributed by atoms with van der Waals surface area (Å²) in [7, 11) is -0.562. The number of hydrogen-bond donors (Lipinski definition) is 0. The second-order valence-electron chi connectivity index (χ2n) is 11.5. The van der Waals surface area contributed by atoms with Crippen molar-refractivity contribution < 1.29 is 23.7 Å². The van der Waals surface area contributed by atoms with E-state index in [1.54, 1.807) is 24.6 Å². The summed E-state index contributed by atoms with van der Waals surface area (Å²) in [6.45, 7) is 17.9. The third-order valence-corrected chi connectivity index (χ3v) is 12.9. The predicted octanol–water partition coefficient (Wildman–Crippen LogP) is 9.92. The van der Waals surface area contributed by atoms with Crippen LogP contribution in [0.1, 0.15) is 123 Å². The summed E-state index contributed by atoms with van der Waals surface area (Å²) in [5.74, 6) is 1.66. The fourth-order valence-electron chi connectivity index (χ4n) is 5.18. The molecule has 6 heteroatoms. The lowest BCUT2D eigenvalue weighted by molar-refractivity contribution is 0.0101. The van der Waals surface area contributed by atoms with E-state index in [0.29, 0.717) is 39.8 Å². The lowest BCUT2D eigenvalue weighted by atomic mass is 10.0. The average molecular weight is 598 g/mol. The first-order valence-electron chi connectivity index (χ1n) is 17.1. The number of aryl methyl sites for hydroxylation is 1. The van der Waals surface area contributed by atoms with Gasteiger partial charge in [0.05, 0.1) is 57.7 Å². The van der Waals surface area contributed by atoms with Crippen molar-refractivity contribution in [1.82, 2.24) is 0 Å². The molecule has 41 heavy (non-hydrogen) atoms. The summed E-state index contributed by atoms with van der Waals surface area (Å²) in [6, 6.07) is 4.12. The van der Waals surface area contributed by atoms with Crippen molar-refractivity contribution in [2.45, 2.75) is 125 Å². The summed E-state index contributed by atoms with van der Waals surface area (Å²) in [5, 5.41) is 0. The van der Waals surface area contributed by atoms with Crippen molar-refractivity contribution in [2.75, 3.05) is 64.5 Å². The van der Waals surface area contributed by atoms with E-state index in [2.05, 4.69) is 47.6 Å². The number of unbranched alkanes of at least 4 members (excludes halogenated alkanes) is 5. The Labute approximate surface area is 255 Å². The molecule has 0 radical (unpaired) electrons. The molecule has 1 aliphatic heterocycles. The highest BCUT2D eigenvalue weighted by atomic mass is 31.2. The van der Waals surface area contributed by atoms with Crippen molar-refractivity contribution in [3.8, 4) is 11.5 Å². The Kier molecular flexibility index (Phi) is 23.8. The van der Waals surface area contributed by atoms with Crippen molar-refractivity contribution in [1.29, 1.82) is 0 Å². The minimum atomic E-state index is -0.562. The van der Waals surface area contributed by atoms with E-state index in [-0.39, 0.29) is 0 Å². The summed E-state index contributed by atoms with van der Waals surface area (Å²) < 4.78 is 27.6. The van der Waals surface area contributed by atoms with E-state index in [1.165, 1.54) is 62.5 Å². The first-order chi connectivity index (χ1) is 20.1. The van der Waals surface area contributed by atoms with Crippen LogP contribution < -0.4 is 9.47 Å². The van der Waals surface area contributed by atoms with E-state index >= 15 is 0 Å². The largest absolute Gasteiger partial charge is 0.454 e. The first-order valence-corrected chi connectivity index (χ1v) is 19.6. The third kappa shape index (κ3) is 17.1. The lowest BCUT2D eigenvalue weighted by Gasteiger charge is -2.28. The van der Waals surface area contributed by atoms with Gasteiger partial charge in [-0.15, -0.1) is 0 Å². The van der Waals surface area contributed by atoms with Gasteiger partial charge in [0.2, 0.25) is 6.79 Å². The molecule has 5 nitrogen and oxygen atoms in total. The Bertz CT molecular complexity index is 704. The van der Waals surface area contributed by atoms with Gasteiger partial charge in [0.25, 0.3) is 0 Å². The SMILES string of the molecule is CCCCOCCOCCOCc1cc2c(cc1CCC)OCO2.CCCC[P+](CCCC)(CCCC)CCCC. The molecule has 0 amide bonds. The van der Waals surface area contributed by atoms with Gasteiger partial charge in [-0.1, -0.05) is 80.1 Å². The van der Waals surface area contributed by atoms with Gasteiger partial charge < -0.3 is 23.7 Å². The van der Waals surface area contributed by atoms with Crippen LogP contribution >= 0.6 is 7.26 Å². The standard InChI is InChI=1S/C19H30O5.C16H36P/c1-3-5-7-20-8-9-21-10-11-22-14-17-13-19-18(23-15-24-19)12-16(17)6-4-2;1-5-9-13-17(14-10-6-2,15-11-7-3)16-12-8-4/h12-13H,3-11,14-15H2,1-2H3;5-16H2,1-4H3/q;+1. The van der Waals surface area contributed by atoms with Crippen molar-refractivity contribution >= 4 is 7.26 Å². The van der Waals surface area contributed by atoms with Crippen molar-refractivity contribution in [2.24, 2.45) is 0 Å². The third-order valence-electron chi connectivity index (χ3n) is 7.80. The summed E-state index contributed by atoms with van der Waals surface area (Å²) in [6.07, 6.45) is 22.3. The number of benzene rings is 1. The van der Waals surface area contributed by atoms with E-state index in [0.717, 1.165) is 43.8 Å². The highest BCUT2D eigenvalue weighted by molar-refractivity contribution is 7.75. The van der Waals surface area contributed by atoms with Gasteiger partial charge in [0.1, 0.15) is 0 Å². The maximum Gasteiger partial charge on any atom is 0.231 e. The number of hydrogen-bond acceptors (Lipinski definition) is 5. The quantitative estimate of drug-likeness (QED) is 0.0829. The van der Waals surface area contributed by atoms with Gasteiger partial charge in [-0.2, -0.15) is 0 Å². The molecule has 0 fully saturated rings. The summed E-state index contributed by atoms with van der Waals surface area (Å²) >= 11 is 0. The van der Waals surface area contributed by atoms with Gasteiger partial charge in [0, 0.05) is 13.9 Å². The predicted molar refractivity (Wildman–Crippen MR) is 179 cm³/mol. The normalized spacial score (nSPS) is 12.4. The van der Waals surface area contributed by atoms with Gasteiger partial charge in [-0.05, 0) is 61.8 Å². The number of fused-ring (bicyclic) bond motifs is 1. The lowest BCUT2D eigenvalue weighted by Crippen LogP contribution is -2.12. The molecule has 0 aromatic heterocycles. The summed E-state index contributed by atoms with van der Waals surface area (Å²) in [4.78, 5) is 0. The molecule has 2 rings (SSSR count). The molecule has 0 N–H and O–H groups in total. The second-order valence-corrected chi connectivity index (χ2v) is 16.0. The van der Waals surface area contributed by atoms with Crippen LogP contribution in [0.25, 0.3) is 0 Å². The highest BCUT2D eigenvalue weighted by Crippen LogP contribution is 2.61. The zero-order valence-electron chi connectivity index (χ0n) is 27.9. The maximum absolute atomic E-state index is 5.75. The molecule has 1 aliphatic rings. The van der Waals surface area contributed by atoms with Crippen LogP contribution in [0, 0.1) is 0 Å². The highest BCUT2D eigenvalue weighted by Gasteiger charge is 2.34. The van der Waals surface area contributed by atoms with E-state index in [4.69, 9.17) is 23.7 Å².